The van der Waals surface area contributed by atoms with Crippen LogP contribution in [0.4, 0.5) is 35.1 Å². The highest BCUT2D eigenvalue weighted by atomic mass is 19.2. The zero-order chi connectivity index (χ0) is 33.1. The van der Waals surface area contributed by atoms with Crippen molar-refractivity contribution in [1.29, 1.82) is 0 Å². The number of alkyl halides is 2. The molecule has 0 amide bonds. The number of benzene rings is 5. The Hall–Kier alpha value is -4.86. The van der Waals surface area contributed by atoms with Gasteiger partial charge in [-0.3, -0.25) is 0 Å². The zero-order valence-corrected chi connectivity index (χ0v) is 24.5. The van der Waals surface area contributed by atoms with Gasteiger partial charge in [0.2, 0.25) is 6.36 Å². The molecule has 0 spiro atoms. The van der Waals surface area contributed by atoms with Gasteiger partial charge in [-0.05, 0) is 58.5 Å². The van der Waals surface area contributed by atoms with Crippen molar-refractivity contribution >= 4 is 0 Å². The molecule has 5 rings (SSSR count). The van der Waals surface area contributed by atoms with Crippen LogP contribution in [0.2, 0.25) is 0 Å². The van der Waals surface area contributed by atoms with E-state index in [-0.39, 0.29) is 22.3 Å². The van der Waals surface area contributed by atoms with Gasteiger partial charge < -0.3 is 9.47 Å². The SMILES string of the molecule is CCCc1ccc(-c2ccc(-c3ccc(-c4cc(F)c(C(F)Oc5cc(F)c(O[C@@H](C)F)c(F)c5)c(F)c4)c(F)c3)c(F)c2)cc1. The van der Waals surface area contributed by atoms with E-state index in [4.69, 9.17) is 4.74 Å². The Morgan fingerprint density at radius 3 is 1.59 bits per heavy atom. The van der Waals surface area contributed by atoms with Crippen LogP contribution in [0.25, 0.3) is 33.4 Å². The summed E-state index contributed by atoms with van der Waals surface area (Å²) in [6.45, 7) is 2.96. The molecule has 0 saturated heterocycles. The zero-order valence-electron chi connectivity index (χ0n) is 24.5. The molecule has 46 heavy (non-hydrogen) atoms. The highest BCUT2D eigenvalue weighted by Gasteiger charge is 2.25. The number of hydrogen-bond acceptors (Lipinski definition) is 2. The van der Waals surface area contributed by atoms with Gasteiger partial charge in [-0.15, -0.1) is 0 Å². The van der Waals surface area contributed by atoms with Gasteiger partial charge in [0, 0.05) is 30.2 Å². The van der Waals surface area contributed by atoms with E-state index < -0.39 is 64.7 Å². The Labute approximate surface area is 259 Å². The average Bonchev–Trinajstić information content (AvgIpc) is 2.99. The molecule has 5 aromatic carbocycles. The van der Waals surface area contributed by atoms with E-state index in [0.717, 1.165) is 31.4 Å². The predicted molar refractivity (Wildman–Crippen MR) is 159 cm³/mol. The fourth-order valence-electron chi connectivity index (χ4n) is 5.01. The van der Waals surface area contributed by atoms with Crippen molar-refractivity contribution in [1.82, 2.24) is 0 Å². The Morgan fingerprint density at radius 2 is 1.04 bits per heavy atom. The maximum absolute atomic E-state index is 15.2. The first-order valence-corrected chi connectivity index (χ1v) is 14.2. The first-order valence-electron chi connectivity index (χ1n) is 14.2. The van der Waals surface area contributed by atoms with Crippen LogP contribution in [0.5, 0.6) is 11.5 Å². The van der Waals surface area contributed by atoms with Crippen LogP contribution in [0.1, 0.15) is 37.8 Å². The minimum Gasteiger partial charge on any atom is -0.456 e. The molecule has 0 heterocycles. The number of hydrogen-bond donors (Lipinski definition) is 0. The van der Waals surface area contributed by atoms with E-state index in [1.807, 2.05) is 24.3 Å². The molecule has 0 saturated carbocycles. The standard InChI is InChI=1S/C36H26F8O2/c1-3-4-20-5-7-21(8-6-20)22-9-11-26(28(38)13-22)23-10-12-27(29(39)14-23)24-15-30(40)34(31(41)16-24)36(44)46-25-17-32(42)35(33(43)18-25)45-19(2)37/h5-19,36H,3-4H2,1-2H3/t19-,36?/m0/s1. The molecule has 0 bridgehead atoms. The van der Waals surface area contributed by atoms with Crippen molar-refractivity contribution in [3.05, 3.63) is 131 Å². The molecule has 10 heteroatoms. The monoisotopic (exact) mass is 642 g/mol. The highest BCUT2D eigenvalue weighted by Crippen LogP contribution is 2.36. The van der Waals surface area contributed by atoms with Crippen molar-refractivity contribution in [3.63, 3.8) is 0 Å². The molecule has 0 fully saturated rings. The fraction of sp³-hybridized carbons (Fsp3) is 0.167. The van der Waals surface area contributed by atoms with Crippen LogP contribution >= 0.6 is 0 Å². The molecule has 5 aromatic rings. The number of halogens is 8. The smallest absolute Gasteiger partial charge is 0.269 e. The lowest BCUT2D eigenvalue weighted by Crippen LogP contribution is -2.10. The average molecular weight is 643 g/mol. The molecule has 2 atom stereocenters. The molecule has 0 radical (unpaired) electrons. The van der Waals surface area contributed by atoms with Crippen LogP contribution < -0.4 is 9.47 Å². The third-order valence-electron chi connectivity index (χ3n) is 7.18. The molecule has 0 aliphatic rings. The summed E-state index contributed by atoms with van der Waals surface area (Å²) in [5, 5.41) is 0. The van der Waals surface area contributed by atoms with E-state index in [0.29, 0.717) is 29.8 Å². The summed E-state index contributed by atoms with van der Waals surface area (Å²) in [5.74, 6) is -9.22. The van der Waals surface area contributed by atoms with Crippen LogP contribution in [0.3, 0.4) is 0 Å². The maximum Gasteiger partial charge on any atom is 0.269 e. The van der Waals surface area contributed by atoms with Crippen molar-refractivity contribution in [2.24, 2.45) is 0 Å². The minimum absolute atomic E-state index is 0.105. The summed E-state index contributed by atoms with van der Waals surface area (Å²) in [6.07, 6.45) is -2.99. The molecule has 238 valence electrons. The van der Waals surface area contributed by atoms with Crippen LogP contribution in [0.15, 0.2) is 84.9 Å². The molecule has 0 aromatic heterocycles. The Balaban J connectivity index is 1.36. The van der Waals surface area contributed by atoms with E-state index in [2.05, 4.69) is 11.7 Å². The summed E-state index contributed by atoms with van der Waals surface area (Å²) in [6, 6.07) is 18.1. The normalized spacial score (nSPS) is 12.6. The van der Waals surface area contributed by atoms with Crippen molar-refractivity contribution in [2.75, 3.05) is 0 Å². The van der Waals surface area contributed by atoms with Crippen molar-refractivity contribution in [3.8, 4) is 44.9 Å². The predicted octanol–water partition coefficient (Wildman–Crippen LogP) is 11.2. The quantitative estimate of drug-likeness (QED) is 0.141. The van der Waals surface area contributed by atoms with Gasteiger partial charge in [0.25, 0.3) is 6.36 Å². The second-order valence-electron chi connectivity index (χ2n) is 10.5. The lowest BCUT2D eigenvalue weighted by atomic mass is 9.96. The third-order valence-corrected chi connectivity index (χ3v) is 7.18. The fourth-order valence-corrected chi connectivity index (χ4v) is 5.01. The van der Waals surface area contributed by atoms with E-state index in [9.17, 15) is 26.3 Å². The van der Waals surface area contributed by atoms with E-state index in [1.54, 1.807) is 6.07 Å². The maximum atomic E-state index is 15.2. The van der Waals surface area contributed by atoms with E-state index in [1.165, 1.54) is 29.8 Å². The molecule has 0 aliphatic carbocycles. The topological polar surface area (TPSA) is 18.5 Å². The second kappa shape index (κ2) is 13.6. The first-order chi connectivity index (χ1) is 21.9. The molecule has 2 nitrogen and oxygen atoms in total. The van der Waals surface area contributed by atoms with Gasteiger partial charge in [-0.25, -0.2) is 30.7 Å². The van der Waals surface area contributed by atoms with Crippen LogP contribution in [0, 0.1) is 34.9 Å². The molecule has 1 unspecified atom stereocenters. The molecular formula is C36H26F8O2. The molecular weight excluding hydrogens is 616 g/mol. The van der Waals surface area contributed by atoms with Crippen LogP contribution in [-0.4, -0.2) is 6.36 Å². The third kappa shape index (κ3) is 7.01. The number of aryl methyl sites for hydroxylation is 1. The summed E-state index contributed by atoms with van der Waals surface area (Å²) in [7, 11) is 0. The summed E-state index contributed by atoms with van der Waals surface area (Å²) >= 11 is 0. The van der Waals surface area contributed by atoms with Gasteiger partial charge in [0.1, 0.15) is 29.0 Å². The summed E-state index contributed by atoms with van der Waals surface area (Å²) in [5.41, 5.74) is 1.12. The van der Waals surface area contributed by atoms with Crippen LogP contribution in [-0.2, 0) is 6.42 Å². The second-order valence-corrected chi connectivity index (χ2v) is 10.5. The van der Waals surface area contributed by atoms with Gasteiger partial charge >= 0.3 is 0 Å². The molecule has 0 aliphatic heterocycles. The highest BCUT2D eigenvalue weighted by molar-refractivity contribution is 5.74. The number of rotatable bonds is 10. The Kier molecular flexibility index (Phi) is 9.65. The van der Waals surface area contributed by atoms with Gasteiger partial charge in [0.05, 0.1) is 5.56 Å². The van der Waals surface area contributed by atoms with Gasteiger partial charge in [-0.2, -0.15) is 4.39 Å². The molecule has 0 N–H and O–H groups in total. The van der Waals surface area contributed by atoms with Gasteiger partial charge in [-0.1, -0.05) is 61.9 Å². The van der Waals surface area contributed by atoms with Gasteiger partial charge in [0.15, 0.2) is 17.4 Å². The van der Waals surface area contributed by atoms with E-state index >= 15 is 8.78 Å². The minimum atomic E-state index is -2.87. The Bertz CT molecular complexity index is 1830. The first kappa shape index (κ1) is 32.5. The summed E-state index contributed by atoms with van der Waals surface area (Å²) < 4.78 is 125. The lowest BCUT2D eigenvalue weighted by Gasteiger charge is -2.16. The largest absolute Gasteiger partial charge is 0.456 e. The number of ether oxygens (including phenoxy) is 2. The van der Waals surface area contributed by atoms with Crippen molar-refractivity contribution in [2.45, 2.75) is 39.4 Å². The Morgan fingerprint density at radius 1 is 0.543 bits per heavy atom. The van der Waals surface area contributed by atoms with Crippen molar-refractivity contribution < 1.29 is 44.6 Å². The summed E-state index contributed by atoms with van der Waals surface area (Å²) in [4.78, 5) is 0. The lowest BCUT2D eigenvalue weighted by molar-refractivity contribution is 0.0572.